The van der Waals surface area contributed by atoms with Crippen LogP contribution in [0.4, 0.5) is 11.4 Å². The third-order valence-corrected chi connectivity index (χ3v) is 8.62. The van der Waals surface area contributed by atoms with E-state index in [-0.39, 0.29) is 63.1 Å². The van der Waals surface area contributed by atoms with Gasteiger partial charge in [-0.3, -0.25) is 4.79 Å². The molecular weight excluding hydrogens is 612 g/mol. The Kier molecular flexibility index (Phi) is 10.7. The van der Waals surface area contributed by atoms with Gasteiger partial charge in [0.05, 0.1) is 36.9 Å². The Morgan fingerprint density at radius 3 is 2.38 bits per heavy atom. The molecule has 0 saturated carbocycles. The van der Waals surface area contributed by atoms with Gasteiger partial charge in [0, 0.05) is 6.54 Å². The molecule has 0 fully saturated rings. The van der Waals surface area contributed by atoms with E-state index in [0.29, 0.717) is 6.42 Å². The second-order valence-electron chi connectivity index (χ2n) is 8.33. The van der Waals surface area contributed by atoms with Crippen LogP contribution in [0.3, 0.4) is 0 Å². The van der Waals surface area contributed by atoms with E-state index in [1.165, 1.54) is 31.2 Å². The Bertz CT molecular complexity index is 1700. The first-order chi connectivity index (χ1) is 18.4. The minimum atomic E-state index is -4.89. The SMILES string of the molecule is CC1=NN(c2cc(Cl)c(S(=O)(=O)[O-])cc2Cl)C(=O)[C@H]1N=Nc1cccc(S(=O)(=O)NCCc2ccccc2)c1.[Na+]. The van der Waals surface area contributed by atoms with Crippen LogP contribution in [-0.2, 0) is 31.4 Å². The molecule has 0 radical (unpaired) electrons. The van der Waals surface area contributed by atoms with Gasteiger partial charge in [-0.25, -0.2) is 21.6 Å². The van der Waals surface area contributed by atoms with Crippen LogP contribution in [0, 0.1) is 0 Å². The van der Waals surface area contributed by atoms with Crippen LogP contribution in [0.15, 0.2) is 91.9 Å². The fourth-order valence-corrected chi connectivity index (χ4v) is 6.01. The number of anilines is 1. The van der Waals surface area contributed by atoms with E-state index in [0.717, 1.165) is 22.7 Å². The molecule has 11 nitrogen and oxygen atoms in total. The number of nitrogens with zero attached hydrogens (tertiary/aromatic N) is 4. The minimum absolute atomic E-state index is 0. The first kappa shape index (κ1) is 32.3. The maximum Gasteiger partial charge on any atom is 1.00 e. The molecule has 0 unspecified atom stereocenters. The summed E-state index contributed by atoms with van der Waals surface area (Å²) in [4.78, 5) is 12.3. The van der Waals surface area contributed by atoms with Gasteiger partial charge in [0.25, 0.3) is 5.91 Å². The minimum Gasteiger partial charge on any atom is -0.744 e. The summed E-state index contributed by atoms with van der Waals surface area (Å²) in [6.07, 6.45) is 0.517. The number of rotatable bonds is 9. The number of sulfonamides is 1. The van der Waals surface area contributed by atoms with Gasteiger partial charge in [-0.2, -0.15) is 20.3 Å². The summed E-state index contributed by atoms with van der Waals surface area (Å²) in [5.41, 5.74) is 1.37. The summed E-state index contributed by atoms with van der Waals surface area (Å²) in [7, 11) is -8.71. The Morgan fingerprint density at radius 1 is 1.00 bits per heavy atom. The normalized spacial score (nSPS) is 15.8. The van der Waals surface area contributed by atoms with Crippen LogP contribution < -0.4 is 39.3 Å². The Balaban J connectivity index is 0.00000441. The van der Waals surface area contributed by atoms with Crippen molar-refractivity contribution in [3.63, 3.8) is 0 Å². The van der Waals surface area contributed by atoms with Crippen molar-refractivity contribution in [3.8, 4) is 0 Å². The van der Waals surface area contributed by atoms with E-state index in [1.807, 2.05) is 30.3 Å². The average molecular weight is 632 g/mol. The average Bonchev–Trinajstić information content (AvgIpc) is 3.16. The Morgan fingerprint density at radius 2 is 1.70 bits per heavy atom. The topological polar surface area (TPSA) is 161 Å². The molecule has 204 valence electrons. The third kappa shape index (κ3) is 7.55. The number of halogens is 2. The molecule has 0 aromatic heterocycles. The summed E-state index contributed by atoms with van der Waals surface area (Å²) in [6, 6.07) is 15.9. The molecule has 0 aliphatic carbocycles. The zero-order chi connectivity index (χ0) is 28.4. The molecule has 40 heavy (non-hydrogen) atoms. The molecule has 4 rings (SSSR count). The molecule has 1 amide bonds. The van der Waals surface area contributed by atoms with Crippen molar-refractivity contribution >= 4 is 66.3 Å². The molecular formula is C24H20Cl2N5NaO6S2. The number of carbonyl (C=O) groups excluding carboxylic acids is 1. The number of amides is 1. The maximum atomic E-state index is 13.0. The van der Waals surface area contributed by atoms with Crippen LogP contribution >= 0.6 is 23.2 Å². The summed E-state index contributed by atoms with van der Waals surface area (Å²) >= 11 is 12.0. The van der Waals surface area contributed by atoms with Gasteiger partial charge in [0.15, 0.2) is 6.04 Å². The fourth-order valence-electron chi connectivity index (χ4n) is 3.63. The van der Waals surface area contributed by atoms with E-state index in [2.05, 4.69) is 20.1 Å². The van der Waals surface area contributed by atoms with Crippen LogP contribution in [-0.4, -0.2) is 45.6 Å². The van der Waals surface area contributed by atoms with Crippen molar-refractivity contribution in [1.82, 2.24) is 4.72 Å². The Hall–Kier alpha value is -2.20. The number of hydrazone groups is 1. The molecule has 16 heteroatoms. The molecule has 1 aliphatic rings. The summed E-state index contributed by atoms with van der Waals surface area (Å²) in [5.74, 6) is -0.668. The van der Waals surface area contributed by atoms with Crippen molar-refractivity contribution < 1.29 is 55.7 Å². The monoisotopic (exact) mass is 631 g/mol. The van der Waals surface area contributed by atoms with Crippen LogP contribution in [0.1, 0.15) is 12.5 Å². The molecule has 3 aromatic carbocycles. The van der Waals surface area contributed by atoms with Gasteiger partial charge in [-0.1, -0.05) is 59.6 Å². The maximum absolute atomic E-state index is 13.0. The van der Waals surface area contributed by atoms with Crippen LogP contribution in [0.25, 0.3) is 0 Å². The molecule has 1 aliphatic heterocycles. The van der Waals surface area contributed by atoms with Crippen molar-refractivity contribution in [1.29, 1.82) is 0 Å². The third-order valence-electron chi connectivity index (χ3n) is 5.56. The first-order valence-electron chi connectivity index (χ1n) is 11.3. The van der Waals surface area contributed by atoms with Crippen molar-refractivity contribution in [2.24, 2.45) is 15.3 Å². The van der Waals surface area contributed by atoms with Crippen molar-refractivity contribution in [2.45, 2.75) is 29.2 Å². The zero-order valence-corrected chi connectivity index (χ0v) is 26.3. The predicted octanol–water partition coefficient (Wildman–Crippen LogP) is 1.30. The van der Waals surface area contributed by atoms with Crippen LogP contribution in [0.5, 0.6) is 0 Å². The summed E-state index contributed by atoms with van der Waals surface area (Å²) in [5, 5.41) is 12.4. The van der Waals surface area contributed by atoms with Gasteiger partial charge in [-0.05, 0) is 49.2 Å². The number of carbonyl (C=O) groups is 1. The molecule has 1 atom stereocenters. The van der Waals surface area contributed by atoms with E-state index >= 15 is 0 Å². The van der Waals surface area contributed by atoms with Crippen molar-refractivity contribution in [2.75, 3.05) is 11.6 Å². The smallest absolute Gasteiger partial charge is 0.744 e. The largest absolute Gasteiger partial charge is 1.00 e. The van der Waals surface area contributed by atoms with Crippen molar-refractivity contribution in [3.05, 3.63) is 82.3 Å². The van der Waals surface area contributed by atoms with Gasteiger partial charge >= 0.3 is 29.6 Å². The second-order valence-corrected chi connectivity index (χ2v) is 12.3. The van der Waals surface area contributed by atoms with Gasteiger partial charge in [-0.15, -0.1) is 0 Å². The quantitative estimate of drug-likeness (QED) is 0.213. The Labute approximate surface area is 263 Å². The molecule has 1 heterocycles. The molecule has 0 bridgehead atoms. The van der Waals surface area contributed by atoms with Gasteiger partial charge in [0.2, 0.25) is 10.0 Å². The summed E-state index contributed by atoms with van der Waals surface area (Å²) in [6.45, 7) is 1.72. The first-order valence-corrected chi connectivity index (χ1v) is 14.9. The van der Waals surface area contributed by atoms with Gasteiger partial charge in [0.1, 0.15) is 10.1 Å². The number of nitrogens with one attached hydrogen (secondary N) is 1. The number of benzene rings is 3. The zero-order valence-electron chi connectivity index (χ0n) is 21.2. The van der Waals surface area contributed by atoms with E-state index in [1.54, 1.807) is 0 Å². The molecule has 0 spiro atoms. The molecule has 0 saturated heterocycles. The van der Waals surface area contributed by atoms with Crippen LogP contribution in [0.2, 0.25) is 10.0 Å². The number of hydrogen-bond acceptors (Lipinski definition) is 9. The van der Waals surface area contributed by atoms with E-state index in [9.17, 15) is 26.2 Å². The fraction of sp³-hybridized carbons (Fsp3) is 0.167. The number of azo groups is 1. The van der Waals surface area contributed by atoms with E-state index in [4.69, 9.17) is 23.2 Å². The molecule has 1 N–H and O–H groups in total. The predicted molar refractivity (Wildman–Crippen MR) is 145 cm³/mol. The number of hydrogen-bond donors (Lipinski definition) is 1. The summed E-state index contributed by atoms with van der Waals surface area (Å²) < 4.78 is 62.1. The second kappa shape index (κ2) is 13.2. The van der Waals surface area contributed by atoms with E-state index < -0.39 is 42.0 Å². The van der Waals surface area contributed by atoms with Gasteiger partial charge < -0.3 is 4.55 Å². The molecule has 3 aromatic rings. The standard InChI is InChI=1S/C24H21Cl2N5O6S2.Na/c1-15-23(24(32)31(30-15)21-13-20(26)22(14-19(21)25)39(35,36)37)29-28-17-8-5-9-18(12-17)38(33,34)27-11-10-16-6-3-2-4-7-16;/h2-9,12-14,23,27H,10-11H2,1H3,(H,35,36,37);/q;+1/p-1/t23-;/m0./s1.